The molecule has 0 spiro atoms. The number of phenols is 1. The Bertz CT molecular complexity index is 3360. The Morgan fingerprint density at radius 2 is 1.02 bits per heavy atom. The van der Waals surface area contributed by atoms with Crippen molar-refractivity contribution in [3.05, 3.63) is 179 Å². The predicted octanol–water partition coefficient (Wildman–Crippen LogP) is 9.03. The second kappa shape index (κ2) is 24.8. The second-order valence-electron chi connectivity index (χ2n) is 20.8. The van der Waals surface area contributed by atoms with Crippen molar-refractivity contribution in [2.45, 2.75) is 84.0 Å². The molecule has 0 saturated carbocycles. The molecule has 1 N–H and O–H groups in total. The molecule has 6 heterocycles. The van der Waals surface area contributed by atoms with Gasteiger partial charge in [0.15, 0.2) is 0 Å². The Morgan fingerprint density at radius 1 is 0.588 bits per heavy atom. The number of piperazine rings is 2. The van der Waals surface area contributed by atoms with Gasteiger partial charge in [-0.2, -0.15) is 15.3 Å². The van der Waals surface area contributed by atoms with E-state index in [-0.39, 0.29) is 35.9 Å². The quantitative estimate of drug-likeness (QED) is 0.0868. The summed E-state index contributed by atoms with van der Waals surface area (Å²) < 4.78 is 49.1. The van der Waals surface area contributed by atoms with E-state index in [0.717, 1.165) is 124 Å². The summed E-state index contributed by atoms with van der Waals surface area (Å²) in [5, 5.41) is 22.3. The molecule has 2 atom stereocenters. The van der Waals surface area contributed by atoms with Gasteiger partial charge in [-0.3, -0.25) is 0 Å². The zero-order chi connectivity index (χ0) is 55.8. The van der Waals surface area contributed by atoms with Crippen molar-refractivity contribution in [3.63, 3.8) is 0 Å². The van der Waals surface area contributed by atoms with E-state index in [9.17, 15) is 23.5 Å². The number of anilines is 4. The summed E-state index contributed by atoms with van der Waals surface area (Å²) in [4.78, 5) is 39.1. The van der Waals surface area contributed by atoms with Crippen LogP contribution in [0.2, 0.25) is 0 Å². The molecule has 80 heavy (non-hydrogen) atoms. The summed E-state index contributed by atoms with van der Waals surface area (Å²) in [5.41, 5.74) is 5.29. The first-order chi connectivity index (χ1) is 39.0. The van der Waals surface area contributed by atoms with Crippen LogP contribution < -0.4 is 35.7 Å². The van der Waals surface area contributed by atoms with Crippen LogP contribution in [0, 0.1) is 17.6 Å². The van der Waals surface area contributed by atoms with Crippen molar-refractivity contribution in [3.8, 4) is 22.9 Å². The second-order valence-corrected chi connectivity index (χ2v) is 20.8. The number of nitrogens with zero attached hydrogens (tertiary/aromatic N) is 13. The van der Waals surface area contributed by atoms with Gasteiger partial charge in [0.25, 0.3) is 0 Å². The summed E-state index contributed by atoms with van der Waals surface area (Å²) in [7, 11) is 0. The number of aromatic hydroxyl groups is 1. The molecule has 20 heteroatoms. The minimum absolute atomic E-state index is 0.00191. The molecule has 3 aromatic heterocycles. The number of rotatable bonds is 18. The van der Waals surface area contributed by atoms with Gasteiger partial charge >= 0.3 is 11.4 Å². The highest BCUT2D eigenvalue weighted by Gasteiger charge is 2.45. The monoisotopic (exact) mass is 1090 g/mol. The molecule has 0 amide bonds. The van der Waals surface area contributed by atoms with Crippen molar-refractivity contribution in [2.75, 3.05) is 85.2 Å². The van der Waals surface area contributed by atoms with E-state index < -0.39 is 17.2 Å². The fourth-order valence-corrected chi connectivity index (χ4v) is 11.3. The van der Waals surface area contributed by atoms with Gasteiger partial charge < -0.3 is 34.2 Å². The molecular weight excluding hydrogens is 1020 g/mol. The molecule has 0 unspecified atom stereocenters. The lowest BCUT2D eigenvalue weighted by Crippen LogP contribution is -2.46. The Morgan fingerprint density at radius 3 is 1.45 bits per heavy atom. The highest BCUT2D eigenvalue weighted by atomic mass is 19.1. The van der Waals surface area contributed by atoms with Gasteiger partial charge in [-0.05, 0) is 135 Å². The van der Waals surface area contributed by atoms with Gasteiger partial charge in [0, 0.05) is 92.7 Å². The molecule has 0 radical (unpaired) electrons. The van der Waals surface area contributed by atoms with Crippen LogP contribution in [0.25, 0.3) is 11.4 Å². The van der Waals surface area contributed by atoms with Crippen LogP contribution >= 0.6 is 0 Å². The maximum atomic E-state index is 15.0. The number of benzene rings is 5. The Balaban J connectivity index is 0.000000204. The van der Waals surface area contributed by atoms with Crippen LogP contribution in [0.15, 0.2) is 150 Å². The third-order valence-corrected chi connectivity index (χ3v) is 15.9. The number of aromatic nitrogens is 9. The first-order valence-corrected chi connectivity index (χ1v) is 27.9. The van der Waals surface area contributed by atoms with Gasteiger partial charge in [-0.25, -0.2) is 46.5 Å². The Kier molecular flexibility index (Phi) is 17.1. The SMILES string of the molecule is CCC(CC)n1ncn(-c2ccc(N3CCN(c4ccc(O)cc4)CC3)cc2)c1=O.CCC(CC)n1ncn(-c2ccc(N3CCN(c4ccc(OC[C@@H]5CO[C@@](Cn6cncn6)(c6ccc(F)cc6F)C5)cc4)CC3)cc2)c1=O. The number of ether oxygens (including phenoxy) is 2. The number of hydrogen-bond donors (Lipinski definition) is 1. The van der Waals surface area contributed by atoms with Gasteiger partial charge in [-0.15, -0.1) is 0 Å². The molecule has 8 aromatic rings. The molecule has 0 bridgehead atoms. The van der Waals surface area contributed by atoms with E-state index in [1.165, 1.54) is 18.5 Å². The van der Waals surface area contributed by atoms with E-state index in [1.54, 1.807) is 54.3 Å². The first kappa shape index (κ1) is 55.1. The fourth-order valence-electron chi connectivity index (χ4n) is 11.3. The van der Waals surface area contributed by atoms with E-state index in [1.807, 2.05) is 48.5 Å². The van der Waals surface area contributed by atoms with Crippen molar-refractivity contribution in [1.29, 1.82) is 0 Å². The highest BCUT2D eigenvalue weighted by Crippen LogP contribution is 2.42. The Hall–Kier alpha value is -8.26. The van der Waals surface area contributed by atoms with Gasteiger partial charge in [0.05, 0.1) is 43.2 Å². The van der Waals surface area contributed by atoms with Crippen LogP contribution in [0.4, 0.5) is 31.5 Å². The number of hydrogen-bond acceptors (Lipinski definition) is 13. The Labute approximate surface area is 464 Å². The maximum Gasteiger partial charge on any atom is 0.350 e. The van der Waals surface area contributed by atoms with E-state index in [4.69, 9.17) is 9.47 Å². The number of halogens is 2. The van der Waals surface area contributed by atoms with E-state index in [2.05, 4.69) is 104 Å². The topological polar surface area (TPSA) is 162 Å². The molecule has 18 nitrogen and oxygen atoms in total. The van der Waals surface area contributed by atoms with Gasteiger partial charge in [0.1, 0.15) is 54.0 Å². The van der Waals surface area contributed by atoms with Crippen LogP contribution in [0.3, 0.4) is 0 Å². The number of phenolic OH excluding ortho intramolecular Hbond substituents is 1. The smallest absolute Gasteiger partial charge is 0.350 e. The van der Waals surface area contributed by atoms with Crippen LogP contribution in [0.5, 0.6) is 11.5 Å². The third-order valence-electron chi connectivity index (χ3n) is 15.9. The lowest BCUT2D eigenvalue weighted by atomic mass is 9.87. The average molecular weight is 1090 g/mol. The lowest BCUT2D eigenvalue weighted by Gasteiger charge is -2.37. The average Bonchev–Trinajstić information content (AvgIpc) is 4.33. The molecule has 5 aromatic carbocycles. The van der Waals surface area contributed by atoms with Crippen LogP contribution in [-0.2, 0) is 16.9 Å². The molecule has 420 valence electrons. The zero-order valence-electron chi connectivity index (χ0n) is 46.0. The normalized spacial score (nSPS) is 17.6. The third kappa shape index (κ3) is 12.1. The summed E-state index contributed by atoms with van der Waals surface area (Å²) in [6, 6.07) is 35.6. The molecular formula is C60H71F2N13O5. The molecule has 11 rings (SSSR count). The summed E-state index contributed by atoms with van der Waals surface area (Å²) in [5.74, 6) is -0.234. The van der Waals surface area contributed by atoms with E-state index in [0.29, 0.717) is 30.9 Å². The minimum atomic E-state index is -1.01. The zero-order valence-corrected chi connectivity index (χ0v) is 46.0. The summed E-state index contributed by atoms with van der Waals surface area (Å²) in [6.45, 7) is 16.5. The summed E-state index contributed by atoms with van der Waals surface area (Å²) in [6.07, 6.45) is 10.2. The van der Waals surface area contributed by atoms with Crippen molar-refractivity contribution in [1.82, 2.24) is 43.5 Å². The highest BCUT2D eigenvalue weighted by molar-refractivity contribution is 5.56. The molecule has 3 fully saturated rings. The minimum Gasteiger partial charge on any atom is -0.508 e. The lowest BCUT2D eigenvalue weighted by molar-refractivity contribution is -0.0206. The first-order valence-electron chi connectivity index (χ1n) is 27.9. The fraction of sp³-hybridized carbons (Fsp3) is 0.400. The van der Waals surface area contributed by atoms with Crippen LogP contribution in [-0.4, -0.2) is 114 Å². The molecule has 3 aliphatic rings. The molecule has 0 aliphatic carbocycles. The van der Waals surface area contributed by atoms with E-state index >= 15 is 0 Å². The van der Waals surface area contributed by atoms with Gasteiger partial charge in [-0.1, -0.05) is 33.8 Å². The molecule has 3 saturated heterocycles. The summed E-state index contributed by atoms with van der Waals surface area (Å²) >= 11 is 0. The van der Waals surface area contributed by atoms with Crippen molar-refractivity contribution >= 4 is 22.7 Å². The predicted molar refractivity (Wildman–Crippen MR) is 306 cm³/mol. The van der Waals surface area contributed by atoms with Crippen molar-refractivity contribution < 1.29 is 23.4 Å². The maximum absolute atomic E-state index is 15.0. The van der Waals surface area contributed by atoms with Gasteiger partial charge in [0.2, 0.25) is 0 Å². The largest absolute Gasteiger partial charge is 0.508 e. The standard InChI is InChI=1S/C37H42F2N8O3.C23H29N5O2/c1-3-29(4-2)47-36(48)46(26-42-47)32-8-6-30(7-9-32)43-15-17-44(18-16-43)31-10-12-33(13-11-31)49-21-27-20-37(50-22-27,23-45-25-40-24-41-45)34-14-5-28(38)19-35(34)39;1-3-18(4-2)28-23(30)27(17-24-28)21-7-5-19(6-8-21)25-13-15-26(16-14-25)20-9-11-22(29)12-10-20/h5-14,19,24-27,29H,3-4,15-18,20-23H2,1-2H3;5-12,17-18,29H,3-4,13-16H2,1-2H3/t27-,37+;/m1./s1. The van der Waals surface area contributed by atoms with Crippen molar-refractivity contribution in [2.24, 2.45) is 5.92 Å². The molecule has 3 aliphatic heterocycles. The van der Waals surface area contributed by atoms with Crippen LogP contribution in [0.1, 0.15) is 77.4 Å².